The van der Waals surface area contributed by atoms with Gasteiger partial charge in [-0.1, -0.05) is 38.0 Å². The average molecular weight is 420 g/mol. The standard InChI is InChI=1S/C24H24N2O5/c1-15-7-2-5-12-20(15)25-21(27)14-31-24(30)16-8-6-9-17(13-16)26-22(28)18-10-3-4-11-19(18)23(26)29/h3-4,6,8-11,13,15,20H,2,5,7,12,14H2,1H3,(H,25,27)/t15-,20+/m0/s1. The van der Waals surface area contributed by atoms with Gasteiger partial charge in [-0.15, -0.1) is 0 Å². The van der Waals surface area contributed by atoms with Crippen LogP contribution in [0.25, 0.3) is 0 Å². The predicted octanol–water partition coefficient (Wildman–Crippen LogP) is 3.34. The molecule has 0 bridgehead atoms. The van der Waals surface area contributed by atoms with Crippen molar-refractivity contribution in [3.05, 3.63) is 65.2 Å². The van der Waals surface area contributed by atoms with Gasteiger partial charge in [-0.2, -0.15) is 0 Å². The number of carbonyl (C=O) groups excluding carboxylic acids is 4. The lowest BCUT2D eigenvalue weighted by Gasteiger charge is -2.29. The molecule has 1 aliphatic carbocycles. The molecule has 1 N–H and O–H groups in total. The largest absolute Gasteiger partial charge is 0.452 e. The summed E-state index contributed by atoms with van der Waals surface area (Å²) in [6.45, 7) is 1.74. The molecule has 7 nitrogen and oxygen atoms in total. The Morgan fingerprint density at radius 1 is 1.00 bits per heavy atom. The molecule has 160 valence electrons. The molecule has 1 heterocycles. The maximum absolute atomic E-state index is 12.7. The van der Waals surface area contributed by atoms with Gasteiger partial charge >= 0.3 is 5.97 Å². The van der Waals surface area contributed by atoms with Gasteiger partial charge in [0.2, 0.25) is 0 Å². The SMILES string of the molecule is C[C@H]1CCCC[C@H]1NC(=O)COC(=O)c1cccc(N2C(=O)c3ccccc3C2=O)c1. The zero-order valence-electron chi connectivity index (χ0n) is 17.3. The molecule has 0 radical (unpaired) electrons. The van der Waals surface area contributed by atoms with Gasteiger partial charge in [-0.25, -0.2) is 9.69 Å². The highest BCUT2D eigenvalue weighted by atomic mass is 16.5. The van der Waals surface area contributed by atoms with Gasteiger partial charge in [0.05, 0.1) is 22.4 Å². The van der Waals surface area contributed by atoms with E-state index in [4.69, 9.17) is 4.74 Å². The molecule has 4 rings (SSSR count). The first kappa shape index (κ1) is 20.8. The first-order valence-electron chi connectivity index (χ1n) is 10.5. The van der Waals surface area contributed by atoms with Gasteiger partial charge in [-0.3, -0.25) is 14.4 Å². The molecule has 7 heteroatoms. The highest BCUT2D eigenvalue weighted by Crippen LogP contribution is 2.29. The van der Waals surface area contributed by atoms with E-state index < -0.39 is 17.8 Å². The third-order valence-electron chi connectivity index (χ3n) is 5.93. The summed E-state index contributed by atoms with van der Waals surface area (Å²) in [4.78, 5) is 51.0. The van der Waals surface area contributed by atoms with Crippen LogP contribution in [0.1, 0.15) is 63.7 Å². The lowest BCUT2D eigenvalue weighted by Crippen LogP contribution is -2.42. The van der Waals surface area contributed by atoms with E-state index in [2.05, 4.69) is 12.2 Å². The minimum atomic E-state index is -0.690. The summed E-state index contributed by atoms with van der Waals surface area (Å²) in [5, 5.41) is 2.94. The summed E-state index contributed by atoms with van der Waals surface area (Å²) in [5.74, 6) is -1.49. The van der Waals surface area contributed by atoms with E-state index in [0.29, 0.717) is 17.0 Å². The number of fused-ring (bicyclic) bond motifs is 1. The Morgan fingerprint density at radius 2 is 1.68 bits per heavy atom. The predicted molar refractivity (Wildman–Crippen MR) is 114 cm³/mol. The smallest absolute Gasteiger partial charge is 0.338 e. The molecule has 0 saturated heterocycles. The van der Waals surface area contributed by atoms with Crippen molar-refractivity contribution in [3.8, 4) is 0 Å². The zero-order chi connectivity index (χ0) is 22.0. The summed E-state index contributed by atoms with van der Waals surface area (Å²) in [6.07, 6.45) is 4.27. The van der Waals surface area contributed by atoms with Crippen LogP contribution < -0.4 is 10.2 Å². The van der Waals surface area contributed by atoms with E-state index in [1.165, 1.54) is 18.6 Å². The fourth-order valence-corrected chi connectivity index (χ4v) is 4.19. The number of hydrogen-bond acceptors (Lipinski definition) is 5. The van der Waals surface area contributed by atoms with Crippen LogP contribution in [0, 0.1) is 5.92 Å². The minimum absolute atomic E-state index is 0.108. The molecule has 3 amide bonds. The van der Waals surface area contributed by atoms with Crippen molar-refractivity contribution in [1.29, 1.82) is 0 Å². The zero-order valence-corrected chi connectivity index (χ0v) is 17.3. The van der Waals surface area contributed by atoms with Crippen LogP contribution in [0.4, 0.5) is 5.69 Å². The van der Waals surface area contributed by atoms with Crippen molar-refractivity contribution in [3.63, 3.8) is 0 Å². The molecule has 1 aliphatic heterocycles. The minimum Gasteiger partial charge on any atom is -0.452 e. The summed E-state index contributed by atoms with van der Waals surface area (Å²) in [7, 11) is 0. The summed E-state index contributed by atoms with van der Waals surface area (Å²) >= 11 is 0. The second kappa shape index (κ2) is 8.71. The fraction of sp³-hybridized carbons (Fsp3) is 0.333. The van der Waals surface area contributed by atoms with Crippen LogP contribution in [0.2, 0.25) is 0 Å². The van der Waals surface area contributed by atoms with Crippen molar-refractivity contribution in [1.82, 2.24) is 5.32 Å². The Hall–Kier alpha value is -3.48. The van der Waals surface area contributed by atoms with Crippen LogP contribution in [-0.4, -0.2) is 36.3 Å². The highest BCUT2D eigenvalue weighted by molar-refractivity contribution is 6.34. The van der Waals surface area contributed by atoms with E-state index in [0.717, 1.165) is 24.2 Å². The van der Waals surface area contributed by atoms with E-state index in [-0.39, 0.29) is 29.8 Å². The molecule has 1 fully saturated rings. The Balaban J connectivity index is 1.40. The van der Waals surface area contributed by atoms with Crippen molar-refractivity contribution >= 4 is 29.4 Å². The number of rotatable bonds is 5. The van der Waals surface area contributed by atoms with E-state index in [9.17, 15) is 19.2 Å². The number of anilines is 1. The summed E-state index contributed by atoms with van der Waals surface area (Å²) in [6, 6.07) is 12.8. The molecule has 0 aromatic heterocycles. The van der Waals surface area contributed by atoms with Crippen LogP contribution in [0.15, 0.2) is 48.5 Å². The van der Waals surface area contributed by atoms with Gasteiger partial charge in [0.25, 0.3) is 17.7 Å². The number of carbonyl (C=O) groups is 4. The number of ether oxygens (including phenoxy) is 1. The van der Waals surface area contributed by atoms with Gasteiger partial charge in [0.1, 0.15) is 0 Å². The summed E-state index contributed by atoms with van der Waals surface area (Å²) in [5.41, 5.74) is 1.09. The fourth-order valence-electron chi connectivity index (χ4n) is 4.19. The van der Waals surface area contributed by atoms with Gasteiger partial charge in [0, 0.05) is 6.04 Å². The van der Waals surface area contributed by atoms with E-state index in [1.54, 1.807) is 36.4 Å². The number of amides is 3. The van der Waals surface area contributed by atoms with Gasteiger partial charge < -0.3 is 10.1 Å². The van der Waals surface area contributed by atoms with Crippen LogP contribution in [-0.2, 0) is 9.53 Å². The molecule has 2 aromatic carbocycles. The molecular formula is C24H24N2O5. The third kappa shape index (κ3) is 4.21. The maximum Gasteiger partial charge on any atom is 0.338 e. The molecular weight excluding hydrogens is 396 g/mol. The highest BCUT2D eigenvalue weighted by Gasteiger charge is 2.36. The van der Waals surface area contributed by atoms with Crippen LogP contribution >= 0.6 is 0 Å². The normalized spacial score (nSPS) is 20.4. The molecule has 0 spiro atoms. The second-order valence-corrected chi connectivity index (χ2v) is 8.05. The van der Waals surface area contributed by atoms with Crippen molar-refractivity contribution < 1.29 is 23.9 Å². The molecule has 2 aliphatic rings. The quantitative estimate of drug-likeness (QED) is 0.592. The molecule has 2 atom stereocenters. The average Bonchev–Trinajstić information content (AvgIpc) is 3.04. The van der Waals surface area contributed by atoms with Crippen molar-refractivity contribution in [2.75, 3.05) is 11.5 Å². The lowest BCUT2D eigenvalue weighted by atomic mass is 9.86. The Bertz CT molecular complexity index is 1010. The molecule has 2 aromatic rings. The van der Waals surface area contributed by atoms with Crippen molar-refractivity contribution in [2.24, 2.45) is 5.92 Å². The number of nitrogens with one attached hydrogen (secondary N) is 1. The topological polar surface area (TPSA) is 92.8 Å². The number of esters is 1. The second-order valence-electron chi connectivity index (χ2n) is 8.05. The maximum atomic E-state index is 12.7. The molecule has 0 unspecified atom stereocenters. The first-order valence-corrected chi connectivity index (χ1v) is 10.5. The molecule has 1 saturated carbocycles. The Kier molecular flexibility index (Phi) is 5.84. The van der Waals surface area contributed by atoms with Gasteiger partial charge in [0.15, 0.2) is 6.61 Å². The Labute approximate surface area is 180 Å². The Morgan fingerprint density at radius 3 is 2.35 bits per heavy atom. The van der Waals surface area contributed by atoms with Gasteiger partial charge in [-0.05, 0) is 49.1 Å². The number of imide groups is 1. The van der Waals surface area contributed by atoms with E-state index >= 15 is 0 Å². The summed E-state index contributed by atoms with van der Waals surface area (Å²) < 4.78 is 5.16. The molecule has 31 heavy (non-hydrogen) atoms. The van der Waals surface area contributed by atoms with Crippen LogP contribution in [0.5, 0.6) is 0 Å². The number of nitrogens with zero attached hydrogens (tertiary/aromatic N) is 1. The van der Waals surface area contributed by atoms with Crippen molar-refractivity contribution in [2.45, 2.75) is 38.6 Å². The first-order chi connectivity index (χ1) is 15.0. The lowest BCUT2D eigenvalue weighted by molar-refractivity contribution is -0.125. The number of benzene rings is 2. The van der Waals surface area contributed by atoms with E-state index in [1.807, 2.05) is 0 Å². The monoisotopic (exact) mass is 420 g/mol. The van der Waals surface area contributed by atoms with Crippen LogP contribution in [0.3, 0.4) is 0 Å². The number of hydrogen-bond donors (Lipinski definition) is 1. The third-order valence-corrected chi connectivity index (χ3v) is 5.93.